The van der Waals surface area contributed by atoms with Crippen LogP contribution in [0.3, 0.4) is 0 Å². The second-order valence-corrected chi connectivity index (χ2v) is 5.05. The van der Waals surface area contributed by atoms with Crippen molar-refractivity contribution in [2.45, 2.75) is 26.8 Å². The standard InChI is InChI=1S/C18H23NO2/c1-4-10-21-16-7-5-6-15(12-16)13-19-17-11-14(2)8-9-18(17)20-3/h5-9,11-12,19H,4,10,13H2,1-3H3. The van der Waals surface area contributed by atoms with Gasteiger partial charge >= 0.3 is 0 Å². The Kier molecular flexibility index (Phi) is 5.50. The molecule has 3 heteroatoms. The fraction of sp³-hybridized carbons (Fsp3) is 0.333. The van der Waals surface area contributed by atoms with Crippen molar-refractivity contribution >= 4 is 5.69 Å². The molecule has 0 spiro atoms. The van der Waals surface area contributed by atoms with E-state index < -0.39 is 0 Å². The molecule has 0 heterocycles. The lowest BCUT2D eigenvalue weighted by Crippen LogP contribution is -2.02. The molecular formula is C18H23NO2. The Labute approximate surface area is 126 Å². The summed E-state index contributed by atoms with van der Waals surface area (Å²) >= 11 is 0. The van der Waals surface area contributed by atoms with Crippen LogP contribution in [0.15, 0.2) is 42.5 Å². The van der Waals surface area contributed by atoms with Crippen LogP contribution in [0.2, 0.25) is 0 Å². The predicted molar refractivity (Wildman–Crippen MR) is 87.3 cm³/mol. The van der Waals surface area contributed by atoms with E-state index in [4.69, 9.17) is 9.47 Å². The molecule has 0 bridgehead atoms. The summed E-state index contributed by atoms with van der Waals surface area (Å²) < 4.78 is 11.0. The van der Waals surface area contributed by atoms with Crippen molar-refractivity contribution in [2.75, 3.05) is 19.0 Å². The minimum Gasteiger partial charge on any atom is -0.495 e. The number of anilines is 1. The van der Waals surface area contributed by atoms with Crippen molar-refractivity contribution in [3.05, 3.63) is 53.6 Å². The maximum absolute atomic E-state index is 5.66. The molecule has 0 fully saturated rings. The maximum Gasteiger partial charge on any atom is 0.141 e. The van der Waals surface area contributed by atoms with E-state index in [-0.39, 0.29) is 0 Å². The van der Waals surface area contributed by atoms with Gasteiger partial charge in [-0.3, -0.25) is 0 Å². The molecule has 0 aliphatic carbocycles. The van der Waals surface area contributed by atoms with Gasteiger partial charge in [-0.2, -0.15) is 0 Å². The molecule has 2 aromatic rings. The molecule has 0 aliphatic rings. The SMILES string of the molecule is CCCOc1cccc(CNc2cc(C)ccc2OC)c1. The third-order valence-electron chi connectivity index (χ3n) is 3.21. The van der Waals surface area contributed by atoms with Gasteiger partial charge in [-0.1, -0.05) is 25.1 Å². The summed E-state index contributed by atoms with van der Waals surface area (Å²) in [7, 11) is 1.69. The number of rotatable bonds is 7. The Bertz CT molecular complexity index is 581. The quantitative estimate of drug-likeness (QED) is 0.817. The van der Waals surface area contributed by atoms with E-state index in [2.05, 4.69) is 37.4 Å². The highest BCUT2D eigenvalue weighted by atomic mass is 16.5. The van der Waals surface area contributed by atoms with Crippen LogP contribution in [-0.4, -0.2) is 13.7 Å². The van der Waals surface area contributed by atoms with Crippen molar-refractivity contribution in [2.24, 2.45) is 0 Å². The summed E-state index contributed by atoms with van der Waals surface area (Å²) in [6.07, 6.45) is 1.02. The molecule has 0 atom stereocenters. The van der Waals surface area contributed by atoms with Gasteiger partial charge in [0.25, 0.3) is 0 Å². The van der Waals surface area contributed by atoms with Gasteiger partial charge in [-0.25, -0.2) is 0 Å². The van der Waals surface area contributed by atoms with Gasteiger partial charge in [0, 0.05) is 6.54 Å². The summed E-state index contributed by atoms with van der Waals surface area (Å²) in [5.74, 6) is 1.78. The number of benzene rings is 2. The Hall–Kier alpha value is -2.16. The van der Waals surface area contributed by atoms with Gasteiger partial charge in [0.15, 0.2) is 0 Å². The van der Waals surface area contributed by atoms with E-state index in [0.29, 0.717) is 0 Å². The van der Waals surface area contributed by atoms with Crippen molar-refractivity contribution in [3.63, 3.8) is 0 Å². The highest BCUT2D eigenvalue weighted by Crippen LogP contribution is 2.26. The van der Waals surface area contributed by atoms with Gasteiger partial charge in [0.1, 0.15) is 11.5 Å². The molecule has 0 aliphatic heterocycles. The number of hydrogen-bond acceptors (Lipinski definition) is 3. The molecule has 1 N–H and O–H groups in total. The summed E-state index contributed by atoms with van der Waals surface area (Å²) in [4.78, 5) is 0. The van der Waals surface area contributed by atoms with Crippen LogP contribution in [-0.2, 0) is 6.54 Å². The van der Waals surface area contributed by atoms with Gasteiger partial charge in [-0.05, 0) is 48.7 Å². The Balaban J connectivity index is 2.04. The highest BCUT2D eigenvalue weighted by Gasteiger charge is 2.03. The topological polar surface area (TPSA) is 30.5 Å². The van der Waals surface area contributed by atoms with Crippen molar-refractivity contribution in [1.82, 2.24) is 0 Å². The number of aryl methyl sites for hydroxylation is 1. The third-order valence-corrected chi connectivity index (χ3v) is 3.21. The lowest BCUT2D eigenvalue weighted by atomic mass is 10.2. The van der Waals surface area contributed by atoms with Crippen molar-refractivity contribution in [1.29, 1.82) is 0 Å². The second-order valence-electron chi connectivity index (χ2n) is 5.05. The third kappa shape index (κ3) is 4.42. The minimum absolute atomic E-state index is 0.739. The monoisotopic (exact) mass is 285 g/mol. The maximum atomic E-state index is 5.66. The van der Waals surface area contributed by atoms with Crippen LogP contribution in [0.25, 0.3) is 0 Å². The van der Waals surface area contributed by atoms with E-state index in [1.807, 2.05) is 24.3 Å². The first-order chi connectivity index (χ1) is 10.2. The van der Waals surface area contributed by atoms with Crippen molar-refractivity contribution < 1.29 is 9.47 Å². The van der Waals surface area contributed by atoms with Crippen LogP contribution in [0.5, 0.6) is 11.5 Å². The first-order valence-corrected chi connectivity index (χ1v) is 7.33. The van der Waals surface area contributed by atoms with Gasteiger partial charge < -0.3 is 14.8 Å². The first-order valence-electron chi connectivity index (χ1n) is 7.33. The molecular weight excluding hydrogens is 262 g/mol. The van der Waals surface area contributed by atoms with Crippen LogP contribution in [0.1, 0.15) is 24.5 Å². The highest BCUT2D eigenvalue weighted by molar-refractivity contribution is 5.58. The van der Waals surface area contributed by atoms with Gasteiger partial charge in [0.2, 0.25) is 0 Å². The molecule has 112 valence electrons. The van der Waals surface area contributed by atoms with E-state index in [0.717, 1.165) is 36.8 Å². The summed E-state index contributed by atoms with van der Waals surface area (Å²) in [5.41, 5.74) is 3.41. The van der Waals surface area contributed by atoms with E-state index in [1.165, 1.54) is 11.1 Å². The molecule has 0 aromatic heterocycles. The normalized spacial score (nSPS) is 10.2. The zero-order valence-electron chi connectivity index (χ0n) is 13.0. The molecule has 21 heavy (non-hydrogen) atoms. The van der Waals surface area contributed by atoms with Crippen LogP contribution in [0, 0.1) is 6.92 Å². The van der Waals surface area contributed by atoms with Crippen LogP contribution >= 0.6 is 0 Å². The number of methoxy groups -OCH3 is 1. The number of nitrogens with one attached hydrogen (secondary N) is 1. The van der Waals surface area contributed by atoms with E-state index >= 15 is 0 Å². The van der Waals surface area contributed by atoms with E-state index in [1.54, 1.807) is 7.11 Å². The molecule has 2 rings (SSSR count). The lowest BCUT2D eigenvalue weighted by molar-refractivity contribution is 0.317. The summed E-state index contributed by atoms with van der Waals surface area (Å²) in [6, 6.07) is 14.3. The number of hydrogen-bond donors (Lipinski definition) is 1. The Morgan fingerprint density at radius 3 is 2.71 bits per heavy atom. The molecule has 0 unspecified atom stereocenters. The summed E-state index contributed by atoms with van der Waals surface area (Å²) in [6.45, 7) is 5.67. The zero-order chi connectivity index (χ0) is 15.1. The minimum atomic E-state index is 0.739. The number of ether oxygens (including phenoxy) is 2. The van der Waals surface area contributed by atoms with Crippen LogP contribution < -0.4 is 14.8 Å². The summed E-state index contributed by atoms with van der Waals surface area (Å²) in [5, 5.41) is 3.42. The first kappa shape index (κ1) is 15.2. The second kappa shape index (κ2) is 7.58. The Morgan fingerprint density at radius 1 is 1.10 bits per heavy atom. The van der Waals surface area contributed by atoms with Gasteiger partial charge in [-0.15, -0.1) is 0 Å². The fourth-order valence-electron chi connectivity index (χ4n) is 2.12. The van der Waals surface area contributed by atoms with Crippen molar-refractivity contribution in [3.8, 4) is 11.5 Å². The smallest absolute Gasteiger partial charge is 0.141 e. The molecule has 0 saturated carbocycles. The molecule has 3 nitrogen and oxygen atoms in total. The largest absolute Gasteiger partial charge is 0.495 e. The average molecular weight is 285 g/mol. The van der Waals surface area contributed by atoms with E-state index in [9.17, 15) is 0 Å². The fourth-order valence-corrected chi connectivity index (χ4v) is 2.12. The average Bonchev–Trinajstić information content (AvgIpc) is 2.51. The van der Waals surface area contributed by atoms with Gasteiger partial charge in [0.05, 0.1) is 19.4 Å². The van der Waals surface area contributed by atoms with Crippen LogP contribution in [0.4, 0.5) is 5.69 Å². The zero-order valence-corrected chi connectivity index (χ0v) is 13.0. The molecule has 2 aromatic carbocycles. The lowest BCUT2D eigenvalue weighted by Gasteiger charge is -2.13. The molecule has 0 amide bonds. The predicted octanol–water partition coefficient (Wildman–Crippen LogP) is 4.40. The Morgan fingerprint density at radius 2 is 1.95 bits per heavy atom. The molecule has 0 radical (unpaired) electrons. The molecule has 0 saturated heterocycles.